The summed E-state index contributed by atoms with van der Waals surface area (Å²) >= 11 is 0. The second-order valence-corrected chi connectivity index (χ2v) is 5.12. The van der Waals surface area contributed by atoms with Gasteiger partial charge in [-0.25, -0.2) is 4.79 Å². The second-order valence-electron chi connectivity index (χ2n) is 5.12. The first-order valence-corrected chi connectivity index (χ1v) is 7.39. The van der Waals surface area contributed by atoms with E-state index in [9.17, 15) is 25.1 Å². The molecule has 25 heavy (non-hydrogen) atoms. The monoisotopic (exact) mass is 347 g/mol. The van der Waals surface area contributed by atoms with Crippen molar-refractivity contribution in [3.63, 3.8) is 0 Å². The predicted octanol–water partition coefficient (Wildman–Crippen LogP) is 1.31. The third kappa shape index (κ3) is 5.23. The quantitative estimate of drug-likeness (QED) is 0.507. The molecule has 0 radical (unpaired) electrons. The first-order chi connectivity index (χ1) is 12.0. The summed E-state index contributed by atoms with van der Waals surface area (Å²) in [5.74, 6) is 0. The van der Waals surface area contributed by atoms with Gasteiger partial charge in [0.1, 0.15) is 24.5 Å². The predicted molar refractivity (Wildman–Crippen MR) is 86.5 cm³/mol. The van der Waals surface area contributed by atoms with Crippen LogP contribution in [0.3, 0.4) is 0 Å². The van der Waals surface area contributed by atoms with Gasteiger partial charge in [-0.05, 0) is 11.6 Å². The molecule has 2 rings (SSSR count). The van der Waals surface area contributed by atoms with Crippen LogP contribution in [0.1, 0.15) is 17.4 Å². The molecule has 2 unspecified atom stereocenters. The standard InChI is InChI=1S/C16H17N3O6/c20-13(15(21)14-12(19(23)24)7-4-8-17-14)9-18-16(22)25-10-11-5-2-1-3-6-11/h1-8,13,15,20-21H,9-10H2,(H,18,22). The lowest BCUT2D eigenvalue weighted by Crippen LogP contribution is -2.36. The van der Waals surface area contributed by atoms with Gasteiger partial charge in [0.2, 0.25) is 0 Å². The van der Waals surface area contributed by atoms with Crippen LogP contribution in [0, 0.1) is 10.1 Å². The molecular weight excluding hydrogens is 330 g/mol. The topological polar surface area (TPSA) is 135 Å². The Morgan fingerprint density at radius 3 is 2.64 bits per heavy atom. The summed E-state index contributed by atoms with van der Waals surface area (Å²) in [6, 6.07) is 11.5. The SMILES string of the molecule is O=C(NCC(O)C(O)c1ncccc1[N+](=O)[O-])OCc1ccccc1. The molecule has 3 N–H and O–H groups in total. The van der Waals surface area contributed by atoms with Gasteiger partial charge in [0.15, 0.2) is 0 Å². The Balaban J connectivity index is 1.86. The number of carbonyl (C=O) groups excluding carboxylic acids is 1. The average Bonchev–Trinajstić information content (AvgIpc) is 2.64. The number of pyridine rings is 1. The van der Waals surface area contributed by atoms with E-state index in [-0.39, 0.29) is 18.8 Å². The van der Waals surface area contributed by atoms with Crippen LogP contribution in [0.4, 0.5) is 10.5 Å². The van der Waals surface area contributed by atoms with Crippen molar-refractivity contribution in [1.82, 2.24) is 10.3 Å². The maximum Gasteiger partial charge on any atom is 0.407 e. The molecule has 0 aliphatic heterocycles. The largest absolute Gasteiger partial charge is 0.445 e. The van der Waals surface area contributed by atoms with Gasteiger partial charge in [0.25, 0.3) is 5.69 Å². The Labute approximate surface area is 143 Å². The number of aliphatic hydroxyl groups excluding tert-OH is 2. The molecule has 1 aromatic heterocycles. The van der Waals surface area contributed by atoms with E-state index < -0.39 is 28.9 Å². The van der Waals surface area contributed by atoms with Gasteiger partial charge >= 0.3 is 6.09 Å². The summed E-state index contributed by atoms with van der Waals surface area (Å²) in [6.07, 6.45) is -2.64. The van der Waals surface area contributed by atoms with Crippen molar-refractivity contribution in [3.8, 4) is 0 Å². The summed E-state index contributed by atoms with van der Waals surface area (Å²) in [7, 11) is 0. The van der Waals surface area contributed by atoms with Crippen molar-refractivity contribution < 1.29 is 24.7 Å². The number of aliphatic hydroxyl groups is 2. The number of alkyl carbamates (subject to hydrolysis) is 1. The first-order valence-electron chi connectivity index (χ1n) is 7.39. The third-order valence-electron chi connectivity index (χ3n) is 3.33. The summed E-state index contributed by atoms with van der Waals surface area (Å²) in [5.41, 5.74) is 0.0995. The number of carbonyl (C=O) groups is 1. The number of hydrogen-bond donors (Lipinski definition) is 3. The van der Waals surface area contributed by atoms with Crippen LogP contribution in [-0.2, 0) is 11.3 Å². The zero-order valence-electron chi connectivity index (χ0n) is 13.1. The average molecular weight is 347 g/mol. The number of ether oxygens (including phenoxy) is 1. The van der Waals surface area contributed by atoms with E-state index in [0.717, 1.165) is 5.56 Å². The van der Waals surface area contributed by atoms with E-state index in [4.69, 9.17) is 4.74 Å². The second kappa shape index (κ2) is 8.71. The van der Waals surface area contributed by atoms with Crippen molar-refractivity contribution in [1.29, 1.82) is 0 Å². The zero-order valence-corrected chi connectivity index (χ0v) is 13.1. The lowest BCUT2D eigenvalue weighted by atomic mass is 10.1. The van der Waals surface area contributed by atoms with Crippen LogP contribution in [0.2, 0.25) is 0 Å². The van der Waals surface area contributed by atoms with Crippen LogP contribution in [0.5, 0.6) is 0 Å². The molecular formula is C16H17N3O6. The highest BCUT2D eigenvalue weighted by molar-refractivity contribution is 5.67. The van der Waals surface area contributed by atoms with Crippen LogP contribution < -0.4 is 5.32 Å². The summed E-state index contributed by atoms with van der Waals surface area (Å²) < 4.78 is 4.96. The molecule has 1 aromatic carbocycles. The van der Waals surface area contributed by atoms with E-state index >= 15 is 0 Å². The fourth-order valence-electron chi connectivity index (χ4n) is 2.05. The molecule has 0 saturated heterocycles. The third-order valence-corrected chi connectivity index (χ3v) is 3.33. The van der Waals surface area contributed by atoms with Crippen LogP contribution in [0.15, 0.2) is 48.7 Å². The number of benzene rings is 1. The van der Waals surface area contributed by atoms with E-state index in [2.05, 4.69) is 10.3 Å². The lowest BCUT2D eigenvalue weighted by Gasteiger charge is -2.17. The highest BCUT2D eigenvalue weighted by atomic mass is 16.6. The molecule has 0 aliphatic carbocycles. The molecule has 9 nitrogen and oxygen atoms in total. The van der Waals surface area contributed by atoms with Crippen LogP contribution in [0.25, 0.3) is 0 Å². The minimum atomic E-state index is -1.63. The van der Waals surface area contributed by atoms with Crippen LogP contribution >= 0.6 is 0 Å². The van der Waals surface area contributed by atoms with Gasteiger partial charge in [-0.2, -0.15) is 0 Å². The highest BCUT2D eigenvalue weighted by Gasteiger charge is 2.27. The highest BCUT2D eigenvalue weighted by Crippen LogP contribution is 2.24. The molecule has 0 bridgehead atoms. The molecule has 2 aromatic rings. The minimum Gasteiger partial charge on any atom is -0.445 e. The Morgan fingerprint density at radius 2 is 1.96 bits per heavy atom. The first kappa shape index (κ1) is 18.3. The minimum absolute atomic E-state index is 0.0526. The van der Waals surface area contributed by atoms with Gasteiger partial charge in [-0.3, -0.25) is 15.1 Å². The number of nitrogens with zero attached hydrogens (tertiary/aromatic N) is 2. The number of aromatic nitrogens is 1. The van der Waals surface area contributed by atoms with E-state index in [1.807, 2.05) is 6.07 Å². The Bertz CT molecular complexity index is 725. The van der Waals surface area contributed by atoms with Gasteiger partial charge in [0, 0.05) is 18.8 Å². The Morgan fingerprint density at radius 1 is 1.24 bits per heavy atom. The molecule has 1 heterocycles. The molecule has 0 saturated carbocycles. The summed E-state index contributed by atoms with van der Waals surface area (Å²) in [6.45, 7) is -0.306. The number of nitrogens with one attached hydrogen (secondary N) is 1. The fourth-order valence-corrected chi connectivity index (χ4v) is 2.05. The molecule has 132 valence electrons. The van der Waals surface area contributed by atoms with Crippen molar-refractivity contribution in [2.75, 3.05) is 6.54 Å². The summed E-state index contributed by atoms with van der Waals surface area (Å²) in [5, 5.41) is 33.2. The molecule has 0 aliphatic rings. The summed E-state index contributed by atoms with van der Waals surface area (Å²) in [4.78, 5) is 25.5. The van der Waals surface area contributed by atoms with Gasteiger partial charge < -0.3 is 20.3 Å². The van der Waals surface area contributed by atoms with E-state index in [1.54, 1.807) is 24.3 Å². The van der Waals surface area contributed by atoms with E-state index in [1.165, 1.54) is 18.3 Å². The van der Waals surface area contributed by atoms with Crippen molar-refractivity contribution >= 4 is 11.8 Å². The van der Waals surface area contributed by atoms with Gasteiger partial charge in [-0.1, -0.05) is 30.3 Å². The molecule has 0 spiro atoms. The van der Waals surface area contributed by atoms with Crippen molar-refractivity contribution in [3.05, 3.63) is 70.0 Å². The normalized spacial score (nSPS) is 12.9. The van der Waals surface area contributed by atoms with E-state index in [0.29, 0.717) is 0 Å². The Kier molecular flexibility index (Phi) is 6.38. The number of hydrogen-bond acceptors (Lipinski definition) is 7. The number of rotatable bonds is 7. The molecule has 9 heteroatoms. The zero-order chi connectivity index (χ0) is 18.2. The Hall–Kier alpha value is -3.04. The van der Waals surface area contributed by atoms with Gasteiger partial charge in [-0.15, -0.1) is 0 Å². The fraction of sp³-hybridized carbons (Fsp3) is 0.250. The van der Waals surface area contributed by atoms with Crippen molar-refractivity contribution in [2.45, 2.75) is 18.8 Å². The maximum absolute atomic E-state index is 11.6. The molecule has 1 amide bonds. The maximum atomic E-state index is 11.6. The van der Waals surface area contributed by atoms with Crippen molar-refractivity contribution in [2.24, 2.45) is 0 Å². The van der Waals surface area contributed by atoms with Gasteiger partial charge in [0.05, 0.1) is 4.92 Å². The van der Waals surface area contributed by atoms with Crippen LogP contribution in [-0.4, -0.2) is 38.9 Å². The molecule has 2 atom stereocenters. The lowest BCUT2D eigenvalue weighted by molar-refractivity contribution is -0.386. The molecule has 0 fully saturated rings. The number of amides is 1. The smallest absolute Gasteiger partial charge is 0.407 e. The number of nitro groups is 1.